The zero-order valence-corrected chi connectivity index (χ0v) is 21.9. The summed E-state index contributed by atoms with van der Waals surface area (Å²) >= 11 is 6.76. The molecule has 4 saturated carbocycles. The normalized spacial score (nSPS) is 31.2. The quantitative estimate of drug-likeness (QED) is 0.632. The second kappa shape index (κ2) is 8.51. The van der Waals surface area contributed by atoms with Crippen molar-refractivity contribution in [3.05, 3.63) is 50.9 Å². The van der Waals surface area contributed by atoms with Gasteiger partial charge in [-0.15, -0.1) is 0 Å². The maximum atomic E-state index is 13.7. The molecule has 0 amide bonds. The number of carbonyl (C=O) groups is 1. The molecular weight excluding hydrogens is 476 g/mol. The van der Waals surface area contributed by atoms with Crippen molar-refractivity contribution in [1.82, 2.24) is 9.78 Å². The Balaban J connectivity index is 1.24. The smallest absolute Gasteiger partial charge is 0.303 e. The SMILES string of the molecule is Cc1ccc(N2CCN(c3cnn(C45C[C@@H]6C[C@@H](CC(CC(=O)O)(C6)C4)C5)c(=O)c3Cl)CC2)c(C)c1. The van der Waals surface area contributed by atoms with Crippen LogP contribution in [0.1, 0.15) is 56.1 Å². The lowest BCUT2D eigenvalue weighted by atomic mass is 9.46. The third kappa shape index (κ3) is 3.90. The highest BCUT2D eigenvalue weighted by atomic mass is 35.5. The number of rotatable bonds is 5. The number of carboxylic acid groups (broad SMARTS) is 1. The largest absolute Gasteiger partial charge is 0.481 e. The van der Waals surface area contributed by atoms with Gasteiger partial charge in [0.25, 0.3) is 5.56 Å². The number of anilines is 2. The number of benzene rings is 1. The van der Waals surface area contributed by atoms with E-state index in [9.17, 15) is 14.7 Å². The number of hydrogen-bond acceptors (Lipinski definition) is 5. The van der Waals surface area contributed by atoms with Crippen LogP contribution in [0.25, 0.3) is 0 Å². The number of aryl methyl sites for hydroxylation is 2. The molecule has 1 saturated heterocycles. The number of hydrogen-bond donors (Lipinski definition) is 1. The van der Waals surface area contributed by atoms with E-state index >= 15 is 0 Å². The predicted octanol–water partition coefficient (Wildman–Crippen LogP) is 4.61. The average Bonchev–Trinajstić information content (AvgIpc) is 2.79. The van der Waals surface area contributed by atoms with Crippen molar-refractivity contribution in [2.45, 2.75) is 64.3 Å². The Kier molecular flexibility index (Phi) is 5.63. The summed E-state index contributed by atoms with van der Waals surface area (Å²) in [5, 5.41) is 14.6. The summed E-state index contributed by atoms with van der Waals surface area (Å²) < 4.78 is 1.65. The Hall–Kier alpha value is -2.54. The Morgan fingerprint density at radius 1 is 1.06 bits per heavy atom. The van der Waals surface area contributed by atoms with Gasteiger partial charge in [0.05, 0.1) is 23.8 Å². The molecular formula is C28H35ClN4O3. The topological polar surface area (TPSA) is 78.7 Å². The van der Waals surface area contributed by atoms with Gasteiger partial charge in [-0.25, -0.2) is 4.68 Å². The molecule has 2 heterocycles. The second-order valence-corrected chi connectivity index (χ2v) is 12.5. The molecule has 5 aliphatic rings. The Labute approximate surface area is 217 Å². The van der Waals surface area contributed by atoms with E-state index in [2.05, 4.69) is 41.8 Å². The van der Waals surface area contributed by atoms with E-state index in [-0.39, 0.29) is 22.4 Å². The molecule has 8 heteroatoms. The number of carboxylic acids is 1. The van der Waals surface area contributed by atoms with Crippen LogP contribution in [0.2, 0.25) is 5.02 Å². The second-order valence-electron chi connectivity index (χ2n) is 12.1. The first kappa shape index (κ1) is 23.8. The highest BCUT2D eigenvalue weighted by molar-refractivity contribution is 6.33. The molecule has 0 radical (unpaired) electrons. The number of aliphatic carboxylic acids is 1. The van der Waals surface area contributed by atoms with Crippen molar-refractivity contribution in [3.63, 3.8) is 0 Å². The molecule has 4 bridgehead atoms. The summed E-state index contributed by atoms with van der Waals surface area (Å²) in [5.74, 6) is 0.202. The van der Waals surface area contributed by atoms with Crippen molar-refractivity contribution < 1.29 is 9.90 Å². The van der Waals surface area contributed by atoms with E-state index in [1.807, 2.05) is 0 Å². The third-order valence-electron chi connectivity index (χ3n) is 9.34. The van der Waals surface area contributed by atoms with Gasteiger partial charge in [0.15, 0.2) is 0 Å². The minimum atomic E-state index is -0.735. The van der Waals surface area contributed by atoms with Crippen LogP contribution in [0.3, 0.4) is 0 Å². The van der Waals surface area contributed by atoms with Crippen molar-refractivity contribution >= 4 is 28.9 Å². The molecule has 5 fully saturated rings. The Morgan fingerprint density at radius 3 is 2.31 bits per heavy atom. The van der Waals surface area contributed by atoms with Gasteiger partial charge in [0, 0.05) is 31.9 Å². The fourth-order valence-corrected chi connectivity index (χ4v) is 8.76. The first-order valence-corrected chi connectivity index (χ1v) is 13.6. The van der Waals surface area contributed by atoms with Crippen LogP contribution in [-0.2, 0) is 10.3 Å². The molecule has 7 nitrogen and oxygen atoms in total. The van der Waals surface area contributed by atoms with E-state index < -0.39 is 11.5 Å². The summed E-state index contributed by atoms with van der Waals surface area (Å²) in [5.41, 5.74) is 3.68. The maximum absolute atomic E-state index is 13.7. The van der Waals surface area contributed by atoms with Gasteiger partial charge in [-0.05, 0) is 81.3 Å². The van der Waals surface area contributed by atoms with Gasteiger partial charge in [0.1, 0.15) is 5.02 Å². The third-order valence-corrected chi connectivity index (χ3v) is 9.70. The summed E-state index contributed by atoms with van der Waals surface area (Å²) in [6, 6.07) is 6.56. The molecule has 36 heavy (non-hydrogen) atoms. The standard InChI is InChI=1S/C28H35ClN4O3/c1-18-3-4-22(19(2)9-18)31-5-7-32(8-6-31)23-16-30-33(26(36)25(23)29)28-13-20-10-21(14-28)12-27(11-20,17-28)15-24(34)35/h3-4,9,16,20-21H,5-8,10-15,17H2,1-2H3,(H,34,35)/t20-,21+,27?,28?. The summed E-state index contributed by atoms with van der Waals surface area (Å²) in [6.45, 7) is 7.52. The molecule has 192 valence electrons. The lowest BCUT2D eigenvalue weighted by Crippen LogP contribution is -2.59. The number of halogens is 1. The first-order chi connectivity index (χ1) is 17.2. The minimum Gasteiger partial charge on any atom is -0.481 e. The van der Waals surface area contributed by atoms with Crippen LogP contribution < -0.4 is 15.4 Å². The average molecular weight is 511 g/mol. The summed E-state index contributed by atoms with van der Waals surface area (Å²) in [6.07, 6.45) is 7.56. The van der Waals surface area contributed by atoms with Crippen LogP contribution in [0.4, 0.5) is 11.4 Å². The first-order valence-electron chi connectivity index (χ1n) is 13.2. The number of piperazine rings is 1. The van der Waals surface area contributed by atoms with Gasteiger partial charge < -0.3 is 14.9 Å². The zero-order chi connectivity index (χ0) is 25.2. The Morgan fingerprint density at radius 2 is 1.69 bits per heavy atom. The fraction of sp³-hybridized carbons (Fsp3) is 0.607. The van der Waals surface area contributed by atoms with Crippen molar-refractivity contribution in [2.24, 2.45) is 17.3 Å². The molecule has 4 aliphatic carbocycles. The highest BCUT2D eigenvalue weighted by Crippen LogP contribution is 2.65. The van der Waals surface area contributed by atoms with Crippen LogP contribution in [0.15, 0.2) is 29.2 Å². The molecule has 1 aromatic carbocycles. The molecule has 4 atom stereocenters. The van der Waals surface area contributed by atoms with E-state index in [1.54, 1.807) is 10.9 Å². The Bertz CT molecular complexity index is 1250. The van der Waals surface area contributed by atoms with Gasteiger partial charge >= 0.3 is 5.97 Å². The monoisotopic (exact) mass is 510 g/mol. The maximum Gasteiger partial charge on any atom is 0.303 e. The van der Waals surface area contributed by atoms with Gasteiger partial charge in [-0.2, -0.15) is 5.10 Å². The van der Waals surface area contributed by atoms with Crippen LogP contribution in [0, 0.1) is 31.1 Å². The lowest BCUT2D eigenvalue weighted by molar-refractivity contribution is -0.151. The fourth-order valence-electron chi connectivity index (χ4n) is 8.51. The summed E-state index contributed by atoms with van der Waals surface area (Å²) in [7, 11) is 0. The lowest BCUT2D eigenvalue weighted by Gasteiger charge is -2.61. The molecule has 7 rings (SSSR count). The van der Waals surface area contributed by atoms with Gasteiger partial charge in [0.2, 0.25) is 0 Å². The van der Waals surface area contributed by atoms with Crippen LogP contribution in [-0.4, -0.2) is 47.0 Å². The summed E-state index contributed by atoms with van der Waals surface area (Å²) in [4.78, 5) is 29.9. The predicted molar refractivity (Wildman–Crippen MR) is 141 cm³/mol. The minimum absolute atomic E-state index is 0.188. The van der Waals surface area contributed by atoms with E-state index in [0.717, 1.165) is 64.7 Å². The molecule has 2 unspecified atom stereocenters. The van der Waals surface area contributed by atoms with Crippen molar-refractivity contribution in [1.29, 1.82) is 0 Å². The van der Waals surface area contributed by atoms with Crippen molar-refractivity contribution in [3.8, 4) is 0 Å². The van der Waals surface area contributed by atoms with Crippen molar-refractivity contribution in [2.75, 3.05) is 36.0 Å². The molecule has 0 spiro atoms. The van der Waals surface area contributed by atoms with Gasteiger partial charge in [-0.1, -0.05) is 29.3 Å². The molecule has 1 aromatic heterocycles. The molecule has 2 aromatic rings. The van der Waals surface area contributed by atoms with E-state index in [4.69, 9.17) is 16.7 Å². The molecule has 1 N–H and O–H groups in total. The van der Waals surface area contributed by atoms with E-state index in [1.165, 1.54) is 16.8 Å². The highest BCUT2D eigenvalue weighted by Gasteiger charge is 2.59. The zero-order valence-electron chi connectivity index (χ0n) is 21.2. The molecule has 1 aliphatic heterocycles. The van der Waals surface area contributed by atoms with E-state index in [0.29, 0.717) is 17.5 Å². The van der Waals surface area contributed by atoms with Gasteiger partial charge in [-0.3, -0.25) is 9.59 Å². The van der Waals surface area contributed by atoms with Crippen LogP contribution >= 0.6 is 11.6 Å². The number of aromatic nitrogens is 2. The van der Waals surface area contributed by atoms with Crippen LogP contribution in [0.5, 0.6) is 0 Å². The number of nitrogens with zero attached hydrogens (tertiary/aromatic N) is 4.